The van der Waals surface area contributed by atoms with E-state index in [1.807, 2.05) is 0 Å². The first-order valence-corrected chi connectivity index (χ1v) is 7.24. The average molecular weight is 297 g/mol. The van der Waals surface area contributed by atoms with Gasteiger partial charge in [0.1, 0.15) is 11.2 Å². The molecule has 5 nitrogen and oxygen atoms in total. The van der Waals surface area contributed by atoms with Gasteiger partial charge in [-0.2, -0.15) is 0 Å². The SMILES string of the molecule is CC(=O)c1ccc(C2(O)CN(C(=O)OC(C)(C)C)C2)s1. The number of hydrogen-bond acceptors (Lipinski definition) is 5. The molecule has 1 amide bonds. The van der Waals surface area contributed by atoms with Crippen LogP contribution in [0.5, 0.6) is 0 Å². The second-order valence-corrected chi connectivity index (χ2v) is 7.17. The molecular formula is C14H19NO4S. The fourth-order valence-electron chi connectivity index (χ4n) is 1.97. The van der Waals surface area contributed by atoms with Crippen LogP contribution >= 0.6 is 11.3 Å². The van der Waals surface area contributed by atoms with Crippen molar-refractivity contribution in [3.63, 3.8) is 0 Å². The first-order chi connectivity index (χ1) is 9.11. The van der Waals surface area contributed by atoms with E-state index >= 15 is 0 Å². The van der Waals surface area contributed by atoms with E-state index in [2.05, 4.69) is 0 Å². The summed E-state index contributed by atoms with van der Waals surface area (Å²) in [6.07, 6.45) is -0.425. The van der Waals surface area contributed by atoms with Crippen molar-refractivity contribution in [2.75, 3.05) is 13.1 Å². The lowest BCUT2D eigenvalue weighted by atomic mass is 9.93. The first-order valence-electron chi connectivity index (χ1n) is 6.42. The Morgan fingerprint density at radius 1 is 1.35 bits per heavy atom. The number of carbonyl (C=O) groups is 2. The van der Waals surface area contributed by atoms with Gasteiger partial charge in [-0.3, -0.25) is 4.79 Å². The lowest BCUT2D eigenvalue weighted by Crippen LogP contribution is -2.61. The van der Waals surface area contributed by atoms with Gasteiger partial charge in [0.05, 0.1) is 18.0 Å². The Morgan fingerprint density at radius 3 is 2.40 bits per heavy atom. The van der Waals surface area contributed by atoms with Crippen molar-refractivity contribution in [2.24, 2.45) is 0 Å². The molecule has 0 radical (unpaired) electrons. The summed E-state index contributed by atoms with van der Waals surface area (Å²) in [7, 11) is 0. The smallest absolute Gasteiger partial charge is 0.410 e. The molecule has 0 unspecified atom stereocenters. The summed E-state index contributed by atoms with van der Waals surface area (Å²) in [5, 5.41) is 10.4. The van der Waals surface area contributed by atoms with Crippen LogP contribution in [0.2, 0.25) is 0 Å². The largest absolute Gasteiger partial charge is 0.444 e. The molecule has 1 aliphatic rings. The third kappa shape index (κ3) is 3.02. The molecule has 0 aromatic carbocycles. The first kappa shape index (κ1) is 15.0. The maximum atomic E-state index is 11.8. The molecule has 6 heteroatoms. The summed E-state index contributed by atoms with van der Waals surface area (Å²) >= 11 is 1.27. The zero-order valence-corrected chi connectivity index (χ0v) is 12.9. The highest BCUT2D eigenvalue weighted by atomic mass is 32.1. The predicted octanol–water partition coefficient (Wildman–Crippen LogP) is 2.39. The summed E-state index contributed by atoms with van der Waals surface area (Å²) in [5.41, 5.74) is -1.61. The van der Waals surface area contributed by atoms with Crippen LogP contribution in [0.1, 0.15) is 42.2 Å². The standard InChI is InChI=1S/C14H19NO4S/c1-9(16)10-5-6-11(20-10)14(18)7-15(8-14)12(17)19-13(2,3)4/h5-6,18H,7-8H2,1-4H3. The Hall–Kier alpha value is -1.40. The normalized spacial score (nSPS) is 17.6. The van der Waals surface area contributed by atoms with Crippen LogP contribution in [-0.2, 0) is 10.3 Å². The number of ether oxygens (including phenoxy) is 1. The molecule has 0 atom stereocenters. The number of rotatable bonds is 2. The minimum Gasteiger partial charge on any atom is -0.444 e. The van der Waals surface area contributed by atoms with Gasteiger partial charge in [0.25, 0.3) is 0 Å². The summed E-state index contributed by atoms with van der Waals surface area (Å²) < 4.78 is 5.24. The van der Waals surface area contributed by atoms with Crippen LogP contribution in [0.25, 0.3) is 0 Å². The third-order valence-electron chi connectivity index (χ3n) is 2.97. The Kier molecular flexibility index (Phi) is 3.64. The molecule has 1 aromatic rings. The quantitative estimate of drug-likeness (QED) is 0.851. The van der Waals surface area contributed by atoms with E-state index in [1.165, 1.54) is 23.2 Å². The van der Waals surface area contributed by atoms with Gasteiger partial charge in [-0.15, -0.1) is 11.3 Å². The number of β-amino-alcohol motifs (C(OH)–C–C–N with tert-alkyl or cyclic N) is 1. The van der Waals surface area contributed by atoms with E-state index in [1.54, 1.807) is 32.9 Å². The zero-order chi connectivity index (χ0) is 15.1. The van der Waals surface area contributed by atoms with Crippen LogP contribution in [-0.4, -0.2) is 40.6 Å². The molecule has 0 spiro atoms. The molecule has 0 bridgehead atoms. The summed E-state index contributed by atoms with van der Waals surface area (Å²) in [6, 6.07) is 3.45. The van der Waals surface area contributed by atoms with Gasteiger partial charge in [0, 0.05) is 4.88 Å². The molecule has 2 rings (SSSR count). The number of thiophene rings is 1. The predicted molar refractivity (Wildman–Crippen MR) is 76.0 cm³/mol. The molecule has 0 aliphatic carbocycles. The van der Waals surface area contributed by atoms with Crippen molar-refractivity contribution >= 4 is 23.2 Å². The summed E-state index contributed by atoms with van der Waals surface area (Å²) in [4.78, 5) is 25.9. The molecule has 110 valence electrons. The summed E-state index contributed by atoms with van der Waals surface area (Å²) in [6.45, 7) is 7.28. The van der Waals surface area contributed by atoms with Crippen LogP contribution in [0.15, 0.2) is 12.1 Å². The molecular weight excluding hydrogens is 278 g/mol. The van der Waals surface area contributed by atoms with Crippen molar-refractivity contribution in [1.29, 1.82) is 0 Å². The van der Waals surface area contributed by atoms with Gasteiger partial charge < -0.3 is 14.7 Å². The van der Waals surface area contributed by atoms with E-state index in [0.29, 0.717) is 9.75 Å². The fraction of sp³-hybridized carbons (Fsp3) is 0.571. The number of carbonyl (C=O) groups excluding carboxylic acids is 2. The van der Waals surface area contributed by atoms with Crippen molar-refractivity contribution in [2.45, 2.75) is 38.9 Å². The van der Waals surface area contributed by atoms with Gasteiger partial charge in [0.15, 0.2) is 5.78 Å². The Labute approximate surface area is 122 Å². The van der Waals surface area contributed by atoms with Crippen LogP contribution in [0.4, 0.5) is 4.79 Å². The Bertz CT molecular complexity index is 538. The van der Waals surface area contributed by atoms with Gasteiger partial charge in [-0.1, -0.05) is 0 Å². The number of likely N-dealkylation sites (tertiary alicyclic amines) is 1. The van der Waals surface area contributed by atoms with E-state index in [-0.39, 0.29) is 18.9 Å². The number of hydrogen-bond donors (Lipinski definition) is 1. The van der Waals surface area contributed by atoms with Crippen molar-refractivity contribution in [3.8, 4) is 0 Å². The lowest BCUT2D eigenvalue weighted by Gasteiger charge is -2.45. The zero-order valence-electron chi connectivity index (χ0n) is 12.1. The Morgan fingerprint density at radius 2 is 1.95 bits per heavy atom. The van der Waals surface area contributed by atoms with Gasteiger partial charge >= 0.3 is 6.09 Å². The van der Waals surface area contributed by atoms with Crippen molar-refractivity contribution < 1.29 is 19.4 Å². The highest BCUT2D eigenvalue weighted by molar-refractivity contribution is 7.14. The molecule has 2 heterocycles. The van der Waals surface area contributed by atoms with Crippen molar-refractivity contribution in [3.05, 3.63) is 21.9 Å². The lowest BCUT2D eigenvalue weighted by molar-refractivity contribution is -0.101. The third-order valence-corrected chi connectivity index (χ3v) is 4.35. The number of ketones is 1. The molecule has 1 fully saturated rings. The van der Waals surface area contributed by atoms with Crippen LogP contribution < -0.4 is 0 Å². The van der Waals surface area contributed by atoms with E-state index in [9.17, 15) is 14.7 Å². The summed E-state index contributed by atoms with van der Waals surface area (Å²) in [5.74, 6) is -0.0202. The maximum absolute atomic E-state index is 11.8. The van der Waals surface area contributed by atoms with Gasteiger partial charge in [-0.25, -0.2) is 4.79 Å². The molecule has 0 saturated carbocycles. The van der Waals surface area contributed by atoms with E-state index < -0.39 is 17.3 Å². The molecule has 1 aliphatic heterocycles. The Balaban J connectivity index is 1.99. The highest BCUT2D eigenvalue weighted by Crippen LogP contribution is 2.36. The van der Waals surface area contributed by atoms with Crippen LogP contribution in [0.3, 0.4) is 0 Å². The number of Topliss-reactive ketones (excluding diaryl/α,β-unsaturated/α-hetero) is 1. The van der Waals surface area contributed by atoms with Gasteiger partial charge in [0.2, 0.25) is 0 Å². The highest BCUT2D eigenvalue weighted by Gasteiger charge is 2.47. The average Bonchev–Trinajstić information content (AvgIpc) is 2.71. The second kappa shape index (κ2) is 4.86. The van der Waals surface area contributed by atoms with E-state index in [4.69, 9.17) is 4.74 Å². The van der Waals surface area contributed by atoms with E-state index in [0.717, 1.165) is 0 Å². The topological polar surface area (TPSA) is 66.8 Å². The van der Waals surface area contributed by atoms with Crippen LogP contribution in [0, 0.1) is 0 Å². The molecule has 20 heavy (non-hydrogen) atoms. The number of amides is 1. The molecule has 1 aromatic heterocycles. The maximum Gasteiger partial charge on any atom is 0.410 e. The minimum absolute atomic E-state index is 0.0202. The van der Waals surface area contributed by atoms with Gasteiger partial charge in [-0.05, 0) is 39.8 Å². The fourth-order valence-corrected chi connectivity index (χ4v) is 2.95. The molecule has 1 N–H and O–H groups in total. The number of nitrogens with zero attached hydrogens (tertiary/aromatic N) is 1. The molecule has 1 saturated heterocycles. The number of aliphatic hydroxyl groups is 1. The minimum atomic E-state index is -1.06. The monoisotopic (exact) mass is 297 g/mol. The second-order valence-electron chi connectivity index (χ2n) is 6.09. The van der Waals surface area contributed by atoms with Crippen molar-refractivity contribution in [1.82, 2.24) is 4.90 Å².